The summed E-state index contributed by atoms with van der Waals surface area (Å²) in [5.41, 5.74) is 0.690. The highest BCUT2D eigenvalue weighted by Gasteiger charge is 2.27. The minimum atomic E-state index is -4.20. The van der Waals surface area contributed by atoms with Crippen LogP contribution in [0.5, 0.6) is 0 Å². The third-order valence-corrected chi connectivity index (χ3v) is 2.69. The number of halogens is 4. The van der Waals surface area contributed by atoms with Crippen LogP contribution in [0.3, 0.4) is 0 Å². The molecule has 1 unspecified atom stereocenters. The van der Waals surface area contributed by atoms with Gasteiger partial charge in [0.15, 0.2) is 0 Å². The Hall–Kier alpha value is -0.780. The first-order valence-corrected chi connectivity index (χ1v) is 5.89. The van der Waals surface area contributed by atoms with Gasteiger partial charge in [-0.1, -0.05) is 29.8 Å². The van der Waals surface area contributed by atoms with Gasteiger partial charge in [-0.2, -0.15) is 13.2 Å². The summed E-state index contributed by atoms with van der Waals surface area (Å²) in [4.78, 5) is 0. The fourth-order valence-electron chi connectivity index (χ4n) is 1.50. The molecule has 1 atom stereocenters. The van der Waals surface area contributed by atoms with E-state index in [1.165, 1.54) is 0 Å². The number of nitrogens with one attached hydrogen (secondary N) is 1. The van der Waals surface area contributed by atoms with Crippen LogP contribution in [0.1, 0.15) is 18.1 Å². The molecule has 0 fully saturated rings. The minimum Gasteiger partial charge on any atom is -0.372 e. The molecule has 0 amide bonds. The maximum atomic E-state index is 12.1. The summed E-state index contributed by atoms with van der Waals surface area (Å²) >= 11 is 5.99. The second-order valence-corrected chi connectivity index (χ2v) is 4.21. The van der Waals surface area contributed by atoms with Crippen molar-refractivity contribution in [1.29, 1.82) is 0 Å². The van der Waals surface area contributed by atoms with E-state index >= 15 is 0 Å². The van der Waals surface area contributed by atoms with Gasteiger partial charge in [-0.15, -0.1) is 0 Å². The van der Waals surface area contributed by atoms with E-state index in [9.17, 15) is 13.2 Å². The molecule has 0 radical (unpaired) electrons. The lowest BCUT2D eigenvalue weighted by molar-refractivity contribution is -0.149. The van der Waals surface area contributed by atoms with Crippen molar-refractivity contribution < 1.29 is 17.9 Å². The molecule has 18 heavy (non-hydrogen) atoms. The van der Waals surface area contributed by atoms with Crippen molar-refractivity contribution in [3.05, 3.63) is 34.9 Å². The second kappa shape index (κ2) is 6.97. The average molecular weight is 282 g/mol. The molecule has 0 bridgehead atoms. The summed E-state index contributed by atoms with van der Waals surface area (Å²) in [5, 5.41) is 3.37. The number of hydrogen-bond donors (Lipinski definition) is 1. The van der Waals surface area contributed by atoms with E-state index in [0.717, 1.165) is 0 Å². The van der Waals surface area contributed by atoms with Crippen LogP contribution >= 0.6 is 11.6 Å². The Balaban J connectivity index is 2.63. The Labute approximate surface area is 109 Å². The number of alkyl halides is 3. The highest BCUT2D eigenvalue weighted by molar-refractivity contribution is 6.31. The summed E-state index contributed by atoms with van der Waals surface area (Å²) in [6.45, 7) is 0.0304. The highest BCUT2D eigenvalue weighted by Crippen LogP contribution is 2.26. The quantitative estimate of drug-likeness (QED) is 0.861. The van der Waals surface area contributed by atoms with Crippen LogP contribution in [-0.2, 0) is 4.74 Å². The summed E-state index contributed by atoms with van der Waals surface area (Å²) < 4.78 is 41.4. The zero-order valence-corrected chi connectivity index (χ0v) is 10.7. The van der Waals surface area contributed by atoms with Crippen molar-refractivity contribution in [1.82, 2.24) is 5.32 Å². The fourth-order valence-corrected chi connectivity index (χ4v) is 1.75. The van der Waals surface area contributed by atoms with Gasteiger partial charge in [-0.3, -0.25) is 0 Å². The van der Waals surface area contributed by atoms with Crippen LogP contribution < -0.4 is 5.32 Å². The lowest BCUT2D eigenvalue weighted by atomic mass is 10.1. The zero-order chi connectivity index (χ0) is 13.6. The Morgan fingerprint density at radius 1 is 1.33 bits per heavy atom. The lowest BCUT2D eigenvalue weighted by Gasteiger charge is -2.19. The van der Waals surface area contributed by atoms with E-state index in [2.05, 4.69) is 5.32 Å². The molecule has 0 saturated heterocycles. The van der Waals surface area contributed by atoms with Crippen LogP contribution in [0.25, 0.3) is 0 Å². The molecule has 0 aliphatic rings. The normalized spacial score (nSPS) is 13.6. The first-order chi connectivity index (χ1) is 8.44. The predicted octanol–water partition coefficient (Wildman–Crippen LogP) is 3.57. The predicted molar refractivity (Wildman–Crippen MR) is 64.7 cm³/mol. The molecule has 102 valence electrons. The van der Waals surface area contributed by atoms with Gasteiger partial charge in [0.1, 0.15) is 0 Å². The van der Waals surface area contributed by atoms with Crippen LogP contribution in [0.15, 0.2) is 24.3 Å². The minimum absolute atomic E-state index is 0.374. The van der Waals surface area contributed by atoms with E-state index in [0.29, 0.717) is 17.1 Å². The molecule has 1 aromatic rings. The molecule has 0 aromatic heterocycles. The Morgan fingerprint density at radius 2 is 2.00 bits per heavy atom. The van der Waals surface area contributed by atoms with Crippen LogP contribution in [0.2, 0.25) is 5.02 Å². The average Bonchev–Trinajstić information content (AvgIpc) is 2.27. The van der Waals surface area contributed by atoms with Crippen molar-refractivity contribution in [3.8, 4) is 0 Å². The second-order valence-electron chi connectivity index (χ2n) is 3.80. The van der Waals surface area contributed by atoms with Gasteiger partial charge in [0.2, 0.25) is 0 Å². The fraction of sp³-hybridized carbons (Fsp3) is 0.500. The number of hydrogen-bond acceptors (Lipinski definition) is 2. The monoisotopic (exact) mass is 281 g/mol. The van der Waals surface area contributed by atoms with Gasteiger partial charge in [-0.05, 0) is 13.1 Å². The molecule has 0 aliphatic carbocycles. The van der Waals surface area contributed by atoms with Crippen LogP contribution in [0, 0.1) is 0 Å². The Morgan fingerprint density at radius 3 is 2.56 bits per heavy atom. The third kappa shape index (κ3) is 5.25. The molecule has 6 heteroatoms. The van der Waals surface area contributed by atoms with E-state index in [4.69, 9.17) is 16.3 Å². The van der Waals surface area contributed by atoms with E-state index in [1.807, 2.05) is 0 Å². The maximum absolute atomic E-state index is 12.1. The van der Waals surface area contributed by atoms with Gasteiger partial charge < -0.3 is 10.1 Å². The number of ether oxygens (including phenoxy) is 1. The van der Waals surface area contributed by atoms with Crippen molar-refractivity contribution in [2.24, 2.45) is 0 Å². The van der Waals surface area contributed by atoms with Crippen LogP contribution in [-0.4, -0.2) is 26.4 Å². The summed E-state index contributed by atoms with van der Waals surface area (Å²) in [6.07, 6.45) is -5.64. The molecule has 1 N–H and O–H groups in total. The third-order valence-electron chi connectivity index (χ3n) is 2.35. The highest BCUT2D eigenvalue weighted by atomic mass is 35.5. The van der Waals surface area contributed by atoms with Crippen molar-refractivity contribution in [3.63, 3.8) is 0 Å². The first-order valence-electron chi connectivity index (χ1n) is 5.51. The van der Waals surface area contributed by atoms with E-state index in [-0.39, 0.29) is 6.61 Å². The molecule has 0 saturated carbocycles. The van der Waals surface area contributed by atoms with E-state index < -0.39 is 18.7 Å². The molecule has 0 aliphatic heterocycles. The largest absolute Gasteiger partial charge is 0.391 e. The maximum Gasteiger partial charge on any atom is 0.391 e. The number of likely N-dealkylation sites (N-methyl/N-ethyl adjacent to an activating group) is 1. The summed E-state index contributed by atoms with van der Waals surface area (Å²) in [7, 11) is 1.71. The number of rotatable bonds is 6. The Kier molecular flexibility index (Phi) is 5.91. The topological polar surface area (TPSA) is 21.3 Å². The standard InChI is InChI=1S/C12H15ClF3NO/c1-17-8-11(18-7-6-12(14,15)16)9-4-2-3-5-10(9)13/h2-5,11,17H,6-8H2,1H3. The first kappa shape index (κ1) is 15.3. The van der Waals surface area contributed by atoms with Crippen molar-refractivity contribution >= 4 is 11.6 Å². The molecule has 0 heterocycles. The summed E-state index contributed by atoms with van der Waals surface area (Å²) in [5.74, 6) is 0. The Bertz CT molecular complexity index is 371. The lowest BCUT2D eigenvalue weighted by Crippen LogP contribution is -2.22. The van der Waals surface area contributed by atoms with Gasteiger partial charge in [0, 0.05) is 17.1 Å². The summed E-state index contributed by atoms with van der Waals surface area (Å²) in [6, 6.07) is 6.97. The van der Waals surface area contributed by atoms with Gasteiger partial charge >= 0.3 is 6.18 Å². The smallest absolute Gasteiger partial charge is 0.372 e. The molecule has 0 spiro atoms. The molecular formula is C12H15ClF3NO. The van der Waals surface area contributed by atoms with Crippen molar-refractivity contribution in [2.45, 2.75) is 18.7 Å². The van der Waals surface area contributed by atoms with Gasteiger partial charge in [0.25, 0.3) is 0 Å². The number of benzene rings is 1. The van der Waals surface area contributed by atoms with Gasteiger partial charge in [0.05, 0.1) is 19.1 Å². The molecular weight excluding hydrogens is 267 g/mol. The van der Waals surface area contributed by atoms with Crippen molar-refractivity contribution in [2.75, 3.05) is 20.2 Å². The van der Waals surface area contributed by atoms with Gasteiger partial charge in [-0.25, -0.2) is 0 Å². The van der Waals surface area contributed by atoms with Crippen LogP contribution in [0.4, 0.5) is 13.2 Å². The van der Waals surface area contributed by atoms with E-state index in [1.54, 1.807) is 31.3 Å². The SMILES string of the molecule is CNCC(OCCC(F)(F)F)c1ccccc1Cl. The molecule has 2 nitrogen and oxygen atoms in total. The molecule has 1 rings (SSSR count). The zero-order valence-electron chi connectivity index (χ0n) is 9.93. The molecule has 1 aromatic carbocycles.